The van der Waals surface area contributed by atoms with Gasteiger partial charge >= 0.3 is 0 Å². The third kappa shape index (κ3) is 2.77. The molecule has 0 aliphatic heterocycles. The van der Waals surface area contributed by atoms with Gasteiger partial charge in [-0.05, 0) is 6.07 Å². The summed E-state index contributed by atoms with van der Waals surface area (Å²) < 4.78 is 0. The highest BCUT2D eigenvalue weighted by atomic mass is 35.5. The summed E-state index contributed by atoms with van der Waals surface area (Å²) in [5, 5.41) is 7.29. The van der Waals surface area contributed by atoms with E-state index in [0.717, 1.165) is 0 Å². The molecule has 2 heterocycles. The van der Waals surface area contributed by atoms with Gasteiger partial charge in [-0.1, -0.05) is 23.2 Å². The smallest absolute Gasteiger partial charge is 0.257 e. The van der Waals surface area contributed by atoms with Crippen LogP contribution in [0.2, 0.25) is 10.3 Å². The lowest BCUT2D eigenvalue weighted by molar-refractivity contribution is 0.0781. The molecule has 8 heteroatoms. The van der Waals surface area contributed by atoms with Crippen molar-refractivity contribution in [3.63, 3.8) is 0 Å². The molecule has 0 aromatic carbocycles. The first-order valence-electron chi connectivity index (χ1n) is 5.00. The summed E-state index contributed by atoms with van der Waals surface area (Å²) in [7, 11) is 1.63. The minimum atomic E-state index is -0.298. The average molecular weight is 286 g/mol. The highest BCUT2D eigenvalue weighted by Crippen LogP contribution is 2.17. The molecule has 1 N–H and O–H groups in total. The van der Waals surface area contributed by atoms with Crippen LogP contribution in [0.3, 0.4) is 0 Å². The number of nitrogens with zero attached hydrogens (tertiary/aromatic N) is 4. The van der Waals surface area contributed by atoms with Crippen LogP contribution in [0.4, 0.5) is 0 Å². The standard InChI is InChI=1S/C10H9Cl2N5O/c1-17(5-8-13-2-3-14-8)10(18)6-4-7(11)15-16-9(6)12/h2-4H,5H2,1H3,(H,13,14). The average Bonchev–Trinajstić information content (AvgIpc) is 2.84. The van der Waals surface area contributed by atoms with E-state index in [1.807, 2.05) is 0 Å². The molecule has 2 rings (SSSR count). The van der Waals surface area contributed by atoms with Crippen molar-refractivity contribution in [1.82, 2.24) is 25.1 Å². The van der Waals surface area contributed by atoms with Gasteiger partial charge in [-0.25, -0.2) is 4.98 Å². The molecule has 2 aromatic heterocycles. The quantitative estimate of drug-likeness (QED) is 0.933. The molecule has 0 bridgehead atoms. The fourth-order valence-electron chi connectivity index (χ4n) is 1.39. The second-order valence-corrected chi connectivity index (χ2v) is 4.31. The SMILES string of the molecule is CN(Cc1ncc[nH]1)C(=O)c1cc(Cl)nnc1Cl. The predicted octanol–water partition coefficient (Wildman–Crippen LogP) is 1.78. The minimum absolute atomic E-state index is 0.0238. The zero-order chi connectivity index (χ0) is 13.1. The number of hydrogen-bond donors (Lipinski definition) is 1. The Kier molecular flexibility index (Phi) is 3.78. The van der Waals surface area contributed by atoms with Crippen LogP contribution in [0.15, 0.2) is 18.5 Å². The monoisotopic (exact) mass is 285 g/mol. The van der Waals surface area contributed by atoms with Gasteiger partial charge in [0.1, 0.15) is 5.82 Å². The number of aromatic nitrogens is 4. The van der Waals surface area contributed by atoms with Crippen LogP contribution in [0.1, 0.15) is 16.2 Å². The van der Waals surface area contributed by atoms with Crippen LogP contribution in [-0.4, -0.2) is 38.0 Å². The molecule has 0 radical (unpaired) electrons. The Labute approximate surface area is 113 Å². The van der Waals surface area contributed by atoms with E-state index in [1.165, 1.54) is 11.0 Å². The van der Waals surface area contributed by atoms with E-state index in [1.54, 1.807) is 19.4 Å². The summed E-state index contributed by atoms with van der Waals surface area (Å²) in [5.41, 5.74) is 0.214. The number of halogens is 2. The maximum atomic E-state index is 12.1. The van der Waals surface area contributed by atoms with Crippen LogP contribution >= 0.6 is 23.2 Å². The summed E-state index contributed by atoms with van der Waals surface area (Å²) in [6.45, 7) is 0.335. The van der Waals surface area contributed by atoms with Gasteiger partial charge in [-0.2, -0.15) is 0 Å². The van der Waals surface area contributed by atoms with Gasteiger partial charge in [0.05, 0.1) is 12.1 Å². The Morgan fingerprint density at radius 1 is 1.44 bits per heavy atom. The number of aromatic amines is 1. The van der Waals surface area contributed by atoms with E-state index < -0.39 is 0 Å². The number of carbonyl (C=O) groups excluding carboxylic acids is 1. The Hall–Kier alpha value is -1.66. The van der Waals surface area contributed by atoms with Crippen molar-refractivity contribution in [2.45, 2.75) is 6.54 Å². The van der Waals surface area contributed by atoms with Crippen molar-refractivity contribution in [3.8, 4) is 0 Å². The number of H-pyrrole nitrogens is 1. The Morgan fingerprint density at radius 2 is 2.22 bits per heavy atom. The molecule has 94 valence electrons. The van der Waals surface area contributed by atoms with Crippen molar-refractivity contribution in [2.75, 3.05) is 7.05 Å². The van der Waals surface area contributed by atoms with Crippen LogP contribution in [0.25, 0.3) is 0 Å². The molecule has 0 fully saturated rings. The third-order valence-electron chi connectivity index (χ3n) is 2.24. The van der Waals surface area contributed by atoms with Gasteiger partial charge in [0.15, 0.2) is 10.3 Å². The minimum Gasteiger partial charge on any atom is -0.347 e. The molecule has 18 heavy (non-hydrogen) atoms. The zero-order valence-corrected chi connectivity index (χ0v) is 10.9. The molecule has 0 unspecified atom stereocenters. The number of hydrogen-bond acceptors (Lipinski definition) is 4. The number of amides is 1. The lowest BCUT2D eigenvalue weighted by Gasteiger charge is -2.16. The predicted molar refractivity (Wildman–Crippen MR) is 66.4 cm³/mol. The highest BCUT2D eigenvalue weighted by Gasteiger charge is 2.18. The van der Waals surface area contributed by atoms with Crippen molar-refractivity contribution in [2.24, 2.45) is 0 Å². The van der Waals surface area contributed by atoms with E-state index in [2.05, 4.69) is 20.2 Å². The topological polar surface area (TPSA) is 74.8 Å². The van der Waals surface area contributed by atoms with Gasteiger partial charge in [0, 0.05) is 19.4 Å². The van der Waals surface area contributed by atoms with Crippen LogP contribution < -0.4 is 0 Å². The maximum Gasteiger partial charge on any atom is 0.257 e. The third-order valence-corrected chi connectivity index (χ3v) is 2.70. The van der Waals surface area contributed by atoms with Gasteiger partial charge in [0.2, 0.25) is 0 Å². The van der Waals surface area contributed by atoms with Crippen molar-refractivity contribution in [3.05, 3.63) is 40.2 Å². The molecule has 2 aromatic rings. The molecule has 0 spiro atoms. The summed E-state index contributed by atoms with van der Waals surface area (Å²) in [6.07, 6.45) is 3.30. The van der Waals surface area contributed by atoms with E-state index in [0.29, 0.717) is 12.4 Å². The first kappa shape index (κ1) is 12.8. The van der Waals surface area contributed by atoms with Crippen molar-refractivity contribution in [1.29, 1.82) is 0 Å². The van der Waals surface area contributed by atoms with Gasteiger partial charge in [0.25, 0.3) is 5.91 Å². The van der Waals surface area contributed by atoms with E-state index in [-0.39, 0.29) is 21.8 Å². The maximum absolute atomic E-state index is 12.1. The van der Waals surface area contributed by atoms with E-state index in [4.69, 9.17) is 23.2 Å². The molecule has 0 atom stereocenters. The fraction of sp³-hybridized carbons (Fsp3) is 0.200. The second-order valence-electron chi connectivity index (χ2n) is 3.57. The Morgan fingerprint density at radius 3 is 2.89 bits per heavy atom. The summed E-state index contributed by atoms with van der Waals surface area (Å²) >= 11 is 11.5. The molecule has 0 saturated carbocycles. The first-order chi connectivity index (χ1) is 8.58. The fourth-order valence-corrected chi connectivity index (χ4v) is 1.71. The molecule has 0 saturated heterocycles. The Balaban J connectivity index is 2.17. The number of imidazole rings is 1. The van der Waals surface area contributed by atoms with E-state index in [9.17, 15) is 4.79 Å². The number of nitrogens with one attached hydrogen (secondary N) is 1. The summed E-state index contributed by atoms with van der Waals surface area (Å²) in [4.78, 5) is 20.5. The van der Waals surface area contributed by atoms with Crippen molar-refractivity contribution >= 4 is 29.1 Å². The molecule has 6 nitrogen and oxygen atoms in total. The molecule has 0 aliphatic rings. The summed E-state index contributed by atoms with van der Waals surface area (Å²) in [6, 6.07) is 1.39. The van der Waals surface area contributed by atoms with Gasteiger partial charge in [-0.3, -0.25) is 4.79 Å². The van der Waals surface area contributed by atoms with Crippen LogP contribution in [0, 0.1) is 0 Å². The lowest BCUT2D eigenvalue weighted by Crippen LogP contribution is -2.27. The lowest BCUT2D eigenvalue weighted by atomic mass is 10.2. The zero-order valence-electron chi connectivity index (χ0n) is 9.39. The normalized spacial score (nSPS) is 10.4. The summed E-state index contributed by atoms with van der Waals surface area (Å²) in [5.74, 6) is 0.378. The first-order valence-corrected chi connectivity index (χ1v) is 5.76. The Bertz CT molecular complexity index is 557. The van der Waals surface area contributed by atoms with E-state index >= 15 is 0 Å². The highest BCUT2D eigenvalue weighted by molar-refractivity contribution is 6.34. The van der Waals surface area contributed by atoms with Crippen LogP contribution in [-0.2, 0) is 6.54 Å². The molecule has 1 amide bonds. The van der Waals surface area contributed by atoms with Gasteiger partial charge in [-0.15, -0.1) is 10.2 Å². The number of carbonyl (C=O) groups is 1. The second kappa shape index (κ2) is 5.32. The number of rotatable bonds is 3. The molecular weight excluding hydrogens is 277 g/mol. The largest absolute Gasteiger partial charge is 0.347 e. The van der Waals surface area contributed by atoms with Crippen molar-refractivity contribution < 1.29 is 4.79 Å². The molecular formula is C10H9Cl2N5O. The molecule has 0 aliphatic carbocycles. The van der Waals surface area contributed by atoms with Crippen LogP contribution in [0.5, 0.6) is 0 Å². The van der Waals surface area contributed by atoms with Gasteiger partial charge < -0.3 is 9.88 Å².